The zero-order valence-corrected chi connectivity index (χ0v) is 10.2. The Hall–Kier alpha value is -2.14. The Labute approximate surface area is 104 Å². The minimum atomic E-state index is -0.959. The average molecular weight is 246 g/mol. The molecule has 0 bridgehead atoms. The second-order valence-electron chi connectivity index (χ2n) is 4.58. The fraction of sp³-hybridized carbons (Fsp3) is 0.231. The van der Waals surface area contributed by atoms with Gasteiger partial charge in [-0.15, -0.1) is 0 Å². The first-order valence-electron chi connectivity index (χ1n) is 5.49. The lowest BCUT2D eigenvalue weighted by molar-refractivity contribution is 0.0696. The quantitative estimate of drug-likeness (QED) is 0.865. The minimum absolute atomic E-state index is 0.230. The third kappa shape index (κ3) is 2.41. The van der Waals surface area contributed by atoms with E-state index in [0.717, 1.165) is 5.69 Å². The zero-order chi connectivity index (χ0) is 13.3. The fourth-order valence-electron chi connectivity index (χ4n) is 1.54. The van der Waals surface area contributed by atoms with E-state index in [4.69, 9.17) is 5.11 Å². The van der Waals surface area contributed by atoms with Crippen LogP contribution in [0.25, 0.3) is 5.69 Å². The molecule has 2 N–H and O–H groups in total. The molecule has 0 aliphatic rings. The summed E-state index contributed by atoms with van der Waals surface area (Å²) in [5, 5.41) is 22.8. The third-order valence-electron chi connectivity index (χ3n) is 2.67. The molecular weight excluding hydrogens is 232 g/mol. The van der Waals surface area contributed by atoms with Gasteiger partial charge in [-0.25, -0.2) is 9.48 Å². The summed E-state index contributed by atoms with van der Waals surface area (Å²) < 4.78 is 1.60. The van der Waals surface area contributed by atoms with Gasteiger partial charge in [0.1, 0.15) is 0 Å². The predicted molar refractivity (Wildman–Crippen MR) is 65.8 cm³/mol. The minimum Gasteiger partial charge on any atom is -0.478 e. The standard InChI is InChI=1S/C13H14N2O3/c1-13(2,18)10-7-14-15(8-10)11-5-3-9(4-6-11)12(16)17/h3-8,18H,1-2H3,(H,16,17). The van der Waals surface area contributed by atoms with E-state index in [2.05, 4.69) is 5.10 Å². The molecule has 2 aromatic rings. The van der Waals surface area contributed by atoms with Gasteiger partial charge in [0.05, 0.1) is 23.0 Å². The van der Waals surface area contributed by atoms with Crippen molar-refractivity contribution < 1.29 is 15.0 Å². The molecule has 0 saturated carbocycles. The van der Waals surface area contributed by atoms with Gasteiger partial charge in [0, 0.05) is 11.8 Å². The van der Waals surface area contributed by atoms with Crippen molar-refractivity contribution in [3.8, 4) is 5.69 Å². The van der Waals surface area contributed by atoms with E-state index in [1.165, 1.54) is 12.1 Å². The third-order valence-corrected chi connectivity index (χ3v) is 2.67. The Kier molecular flexibility index (Phi) is 2.92. The number of carboxylic acids is 1. The summed E-state index contributed by atoms with van der Waals surface area (Å²) in [5.41, 5.74) is 0.730. The molecule has 0 atom stereocenters. The monoisotopic (exact) mass is 246 g/mol. The first kappa shape index (κ1) is 12.3. The fourth-order valence-corrected chi connectivity index (χ4v) is 1.54. The molecule has 1 aromatic heterocycles. The smallest absolute Gasteiger partial charge is 0.335 e. The Morgan fingerprint density at radius 1 is 1.28 bits per heavy atom. The summed E-state index contributed by atoms with van der Waals surface area (Å²) in [7, 11) is 0. The topological polar surface area (TPSA) is 75.4 Å². The van der Waals surface area contributed by atoms with Crippen LogP contribution in [0.2, 0.25) is 0 Å². The Morgan fingerprint density at radius 2 is 1.89 bits per heavy atom. The highest BCUT2D eigenvalue weighted by Crippen LogP contribution is 2.20. The van der Waals surface area contributed by atoms with Gasteiger partial charge < -0.3 is 10.2 Å². The molecule has 18 heavy (non-hydrogen) atoms. The lowest BCUT2D eigenvalue weighted by Gasteiger charge is -2.13. The SMILES string of the molecule is CC(C)(O)c1cnn(-c2ccc(C(=O)O)cc2)c1. The van der Waals surface area contributed by atoms with Crippen molar-refractivity contribution in [2.24, 2.45) is 0 Å². The molecule has 5 heteroatoms. The first-order chi connectivity index (χ1) is 8.38. The van der Waals surface area contributed by atoms with Gasteiger partial charge in [-0.05, 0) is 38.1 Å². The Balaban J connectivity index is 2.32. The molecule has 94 valence electrons. The highest BCUT2D eigenvalue weighted by atomic mass is 16.4. The van der Waals surface area contributed by atoms with E-state index < -0.39 is 11.6 Å². The molecule has 0 radical (unpaired) electrons. The molecule has 0 fully saturated rings. The van der Waals surface area contributed by atoms with Crippen LogP contribution in [0.1, 0.15) is 29.8 Å². The molecule has 0 amide bonds. The molecular formula is C13H14N2O3. The molecule has 0 spiro atoms. The maximum atomic E-state index is 10.7. The summed E-state index contributed by atoms with van der Waals surface area (Å²) in [6, 6.07) is 6.38. The van der Waals surface area contributed by atoms with E-state index in [1.54, 1.807) is 43.1 Å². The van der Waals surface area contributed by atoms with Crippen molar-refractivity contribution in [2.75, 3.05) is 0 Å². The summed E-state index contributed by atoms with van der Waals surface area (Å²) in [4.78, 5) is 10.7. The predicted octanol–water partition coefficient (Wildman–Crippen LogP) is 1.80. The van der Waals surface area contributed by atoms with Gasteiger partial charge in [0.2, 0.25) is 0 Å². The van der Waals surface area contributed by atoms with E-state index >= 15 is 0 Å². The first-order valence-corrected chi connectivity index (χ1v) is 5.49. The van der Waals surface area contributed by atoms with Crippen LogP contribution in [0.15, 0.2) is 36.7 Å². The van der Waals surface area contributed by atoms with Crippen molar-refractivity contribution in [1.29, 1.82) is 0 Å². The van der Waals surface area contributed by atoms with Gasteiger partial charge in [-0.1, -0.05) is 0 Å². The van der Waals surface area contributed by atoms with Gasteiger partial charge in [0.25, 0.3) is 0 Å². The number of carbonyl (C=O) groups is 1. The summed E-state index contributed by atoms with van der Waals surface area (Å²) in [6.07, 6.45) is 3.31. The van der Waals surface area contributed by atoms with Crippen molar-refractivity contribution in [3.05, 3.63) is 47.8 Å². The van der Waals surface area contributed by atoms with Crippen molar-refractivity contribution >= 4 is 5.97 Å². The van der Waals surface area contributed by atoms with Crippen LogP contribution in [0, 0.1) is 0 Å². The van der Waals surface area contributed by atoms with Crippen LogP contribution in [-0.2, 0) is 5.60 Å². The molecule has 1 heterocycles. The second-order valence-corrected chi connectivity index (χ2v) is 4.58. The number of nitrogens with zero attached hydrogens (tertiary/aromatic N) is 2. The normalized spacial score (nSPS) is 11.5. The number of hydrogen-bond acceptors (Lipinski definition) is 3. The zero-order valence-electron chi connectivity index (χ0n) is 10.2. The number of aliphatic hydroxyl groups is 1. The van der Waals surface area contributed by atoms with Crippen LogP contribution >= 0.6 is 0 Å². The maximum absolute atomic E-state index is 10.7. The van der Waals surface area contributed by atoms with Crippen LogP contribution < -0.4 is 0 Å². The highest BCUT2D eigenvalue weighted by Gasteiger charge is 2.18. The molecule has 1 aromatic carbocycles. The van der Waals surface area contributed by atoms with Crippen LogP contribution in [0.4, 0.5) is 0 Å². The van der Waals surface area contributed by atoms with E-state index in [1.807, 2.05) is 0 Å². The number of hydrogen-bond donors (Lipinski definition) is 2. The molecule has 0 aliphatic carbocycles. The molecule has 0 unspecified atom stereocenters. The lowest BCUT2D eigenvalue weighted by Crippen LogP contribution is -2.14. The number of aromatic nitrogens is 2. The number of benzene rings is 1. The van der Waals surface area contributed by atoms with Crippen LogP contribution in [-0.4, -0.2) is 26.0 Å². The average Bonchev–Trinajstić information content (AvgIpc) is 2.78. The van der Waals surface area contributed by atoms with Crippen molar-refractivity contribution in [2.45, 2.75) is 19.4 Å². The largest absolute Gasteiger partial charge is 0.478 e. The molecule has 2 rings (SSSR count). The van der Waals surface area contributed by atoms with E-state index in [0.29, 0.717) is 5.56 Å². The molecule has 5 nitrogen and oxygen atoms in total. The van der Waals surface area contributed by atoms with Crippen molar-refractivity contribution in [3.63, 3.8) is 0 Å². The number of carboxylic acid groups (broad SMARTS) is 1. The maximum Gasteiger partial charge on any atom is 0.335 e. The van der Waals surface area contributed by atoms with E-state index in [9.17, 15) is 9.90 Å². The summed E-state index contributed by atoms with van der Waals surface area (Å²) in [6.45, 7) is 3.36. The van der Waals surface area contributed by atoms with Gasteiger partial charge >= 0.3 is 5.97 Å². The molecule has 0 saturated heterocycles. The van der Waals surface area contributed by atoms with Gasteiger partial charge in [-0.3, -0.25) is 0 Å². The number of rotatable bonds is 3. The lowest BCUT2D eigenvalue weighted by atomic mass is 10.0. The van der Waals surface area contributed by atoms with E-state index in [-0.39, 0.29) is 5.56 Å². The summed E-state index contributed by atoms with van der Waals surface area (Å²) in [5.74, 6) is -0.959. The number of aromatic carboxylic acids is 1. The van der Waals surface area contributed by atoms with Gasteiger partial charge in [-0.2, -0.15) is 5.10 Å². The van der Waals surface area contributed by atoms with Crippen molar-refractivity contribution in [1.82, 2.24) is 9.78 Å². The van der Waals surface area contributed by atoms with Gasteiger partial charge in [0.15, 0.2) is 0 Å². The van der Waals surface area contributed by atoms with Crippen LogP contribution in [0.3, 0.4) is 0 Å². The Morgan fingerprint density at radius 3 is 2.33 bits per heavy atom. The van der Waals surface area contributed by atoms with Crippen LogP contribution in [0.5, 0.6) is 0 Å². The summed E-state index contributed by atoms with van der Waals surface area (Å²) >= 11 is 0. The Bertz CT molecular complexity index is 565. The molecule has 0 aliphatic heterocycles. The second kappa shape index (κ2) is 4.27. The highest BCUT2D eigenvalue weighted by molar-refractivity contribution is 5.87.